The number of alkyl halides is 3. The van der Waals surface area contributed by atoms with Gasteiger partial charge in [-0.3, -0.25) is 9.98 Å². The lowest BCUT2D eigenvalue weighted by molar-refractivity contribution is -0.137. The lowest BCUT2D eigenvalue weighted by Gasteiger charge is -2.22. The number of hydrogen-bond donors (Lipinski definition) is 1. The summed E-state index contributed by atoms with van der Waals surface area (Å²) in [6.07, 6.45) is -1.02. The molecule has 0 aliphatic carbocycles. The van der Waals surface area contributed by atoms with Gasteiger partial charge >= 0.3 is 6.18 Å². The standard InChI is InChI=1S/C18H21F3N4O/c1-22-17(24-10-11-26-16-4-3-9-23-12-16)25(2)13-14-5-7-15(8-6-14)18(19,20)21/h3-9,12H,10-11,13H2,1-2H3,(H,22,24). The van der Waals surface area contributed by atoms with E-state index in [0.29, 0.717) is 31.4 Å². The van der Waals surface area contributed by atoms with Gasteiger partial charge in [0.2, 0.25) is 0 Å². The quantitative estimate of drug-likeness (QED) is 0.485. The molecule has 0 aliphatic rings. The number of aromatic nitrogens is 1. The van der Waals surface area contributed by atoms with Crippen molar-refractivity contribution in [3.05, 3.63) is 59.9 Å². The smallest absolute Gasteiger partial charge is 0.416 e. The highest BCUT2D eigenvalue weighted by Crippen LogP contribution is 2.29. The number of ether oxygens (including phenoxy) is 1. The van der Waals surface area contributed by atoms with E-state index in [1.807, 2.05) is 18.0 Å². The second-order valence-electron chi connectivity index (χ2n) is 5.56. The molecule has 0 atom stereocenters. The second kappa shape index (κ2) is 9.07. The third kappa shape index (κ3) is 5.94. The normalized spacial score (nSPS) is 12.0. The first-order valence-electron chi connectivity index (χ1n) is 8.01. The molecule has 8 heteroatoms. The maximum absolute atomic E-state index is 12.6. The molecule has 0 spiro atoms. The van der Waals surface area contributed by atoms with Gasteiger partial charge in [-0.15, -0.1) is 0 Å². The Kier molecular flexibility index (Phi) is 6.82. The summed E-state index contributed by atoms with van der Waals surface area (Å²) < 4.78 is 43.4. The molecular weight excluding hydrogens is 345 g/mol. The predicted octanol–water partition coefficient (Wildman–Crippen LogP) is 3.19. The maximum atomic E-state index is 12.6. The molecule has 0 unspecified atom stereocenters. The molecule has 2 rings (SSSR count). The van der Waals surface area contributed by atoms with Crippen LogP contribution in [-0.2, 0) is 12.7 Å². The number of hydrogen-bond acceptors (Lipinski definition) is 3. The molecular formula is C18H21F3N4O. The number of guanidine groups is 1. The van der Waals surface area contributed by atoms with Crippen LogP contribution in [0.15, 0.2) is 53.8 Å². The average Bonchev–Trinajstić information content (AvgIpc) is 2.62. The molecule has 5 nitrogen and oxygen atoms in total. The van der Waals surface area contributed by atoms with Gasteiger partial charge in [0.05, 0.1) is 18.3 Å². The number of nitrogens with zero attached hydrogens (tertiary/aromatic N) is 3. The van der Waals surface area contributed by atoms with Crippen LogP contribution in [0.2, 0.25) is 0 Å². The van der Waals surface area contributed by atoms with E-state index in [-0.39, 0.29) is 0 Å². The molecule has 0 saturated carbocycles. The summed E-state index contributed by atoms with van der Waals surface area (Å²) in [5, 5.41) is 3.15. The lowest BCUT2D eigenvalue weighted by Crippen LogP contribution is -2.40. The van der Waals surface area contributed by atoms with Crippen molar-refractivity contribution in [2.75, 3.05) is 27.2 Å². The number of halogens is 3. The van der Waals surface area contributed by atoms with Crippen LogP contribution < -0.4 is 10.1 Å². The summed E-state index contributed by atoms with van der Waals surface area (Å²) in [5.41, 5.74) is 0.106. The van der Waals surface area contributed by atoms with Crippen LogP contribution in [0.1, 0.15) is 11.1 Å². The van der Waals surface area contributed by atoms with Gasteiger partial charge in [0.1, 0.15) is 12.4 Å². The Bertz CT molecular complexity index is 703. The monoisotopic (exact) mass is 366 g/mol. The number of rotatable bonds is 6. The van der Waals surface area contributed by atoms with Crippen molar-refractivity contribution in [1.82, 2.24) is 15.2 Å². The van der Waals surface area contributed by atoms with Gasteiger partial charge in [-0.1, -0.05) is 12.1 Å². The molecule has 0 fully saturated rings. The van der Waals surface area contributed by atoms with Crippen molar-refractivity contribution in [3.63, 3.8) is 0 Å². The first-order valence-corrected chi connectivity index (χ1v) is 8.01. The van der Waals surface area contributed by atoms with Crippen molar-refractivity contribution in [2.45, 2.75) is 12.7 Å². The van der Waals surface area contributed by atoms with Crippen molar-refractivity contribution in [2.24, 2.45) is 4.99 Å². The summed E-state index contributed by atoms with van der Waals surface area (Å²) in [6, 6.07) is 8.72. The van der Waals surface area contributed by atoms with Crippen LogP contribution in [0.25, 0.3) is 0 Å². The van der Waals surface area contributed by atoms with E-state index in [0.717, 1.165) is 17.7 Å². The van der Waals surface area contributed by atoms with E-state index >= 15 is 0 Å². The highest BCUT2D eigenvalue weighted by Gasteiger charge is 2.29. The minimum Gasteiger partial charge on any atom is -0.490 e. The second-order valence-corrected chi connectivity index (χ2v) is 5.56. The van der Waals surface area contributed by atoms with E-state index in [1.54, 1.807) is 25.5 Å². The minimum atomic E-state index is -4.32. The van der Waals surface area contributed by atoms with E-state index < -0.39 is 11.7 Å². The predicted molar refractivity (Wildman–Crippen MR) is 94.0 cm³/mol. The summed E-state index contributed by atoms with van der Waals surface area (Å²) in [7, 11) is 3.46. The van der Waals surface area contributed by atoms with Crippen molar-refractivity contribution in [3.8, 4) is 5.75 Å². The molecule has 0 bridgehead atoms. The van der Waals surface area contributed by atoms with Crippen LogP contribution in [0.3, 0.4) is 0 Å². The SMILES string of the molecule is CN=C(NCCOc1cccnc1)N(C)Cc1ccc(C(F)(F)F)cc1. The highest BCUT2D eigenvalue weighted by molar-refractivity contribution is 5.79. The molecule has 1 aromatic heterocycles. The lowest BCUT2D eigenvalue weighted by atomic mass is 10.1. The first-order chi connectivity index (χ1) is 12.4. The van der Waals surface area contributed by atoms with Gasteiger partial charge in [-0.05, 0) is 29.8 Å². The third-order valence-corrected chi connectivity index (χ3v) is 3.56. The molecule has 0 saturated heterocycles. The zero-order chi connectivity index (χ0) is 19.0. The van der Waals surface area contributed by atoms with Crippen LogP contribution >= 0.6 is 0 Å². The Hall–Kier alpha value is -2.77. The molecule has 0 radical (unpaired) electrons. The molecule has 1 aromatic carbocycles. The Morgan fingerprint density at radius 3 is 2.54 bits per heavy atom. The zero-order valence-corrected chi connectivity index (χ0v) is 14.6. The Balaban J connectivity index is 1.81. The van der Waals surface area contributed by atoms with Gasteiger partial charge in [-0.2, -0.15) is 13.2 Å². The van der Waals surface area contributed by atoms with Gasteiger partial charge in [0.15, 0.2) is 5.96 Å². The number of nitrogens with one attached hydrogen (secondary N) is 1. The summed E-state index contributed by atoms with van der Waals surface area (Å²) in [4.78, 5) is 9.96. The maximum Gasteiger partial charge on any atom is 0.416 e. The fourth-order valence-corrected chi connectivity index (χ4v) is 2.30. The molecule has 2 aromatic rings. The number of benzene rings is 1. The fraction of sp³-hybridized carbons (Fsp3) is 0.333. The van der Waals surface area contributed by atoms with Gasteiger partial charge in [0.25, 0.3) is 0 Å². The number of pyridine rings is 1. The summed E-state index contributed by atoms with van der Waals surface area (Å²) >= 11 is 0. The van der Waals surface area contributed by atoms with Crippen molar-refractivity contribution < 1.29 is 17.9 Å². The third-order valence-electron chi connectivity index (χ3n) is 3.56. The Morgan fingerprint density at radius 2 is 1.96 bits per heavy atom. The van der Waals surface area contributed by atoms with Crippen molar-refractivity contribution in [1.29, 1.82) is 0 Å². The van der Waals surface area contributed by atoms with E-state index in [2.05, 4.69) is 15.3 Å². The molecule has 1 N–H and O–H groups in total. The molecule has 1 heterocycles. The number of aliphatic imine (C=N–C) groups is 1. The average molecular weight is 366 g/mol. The van der Waals surface area contributed by atoms with E-state index in [4.69, 9.17) is 4.74 Å². The van der Waals surface area contributed by atoms with Crippen molar-refractivity contribution >= 4 is 5.96 Å². The largest absolute Gasteiger partial charge is 0.490 e. The van der Waals surface area contributed by atoms with Crippen LogP contribution in [0, 0.1) is 0 Å². The zero-order valence-electron chi connectivity index (χ0n) is 14.6. The van der Waals surface area contributed by atoms with Crippen LogP contribution in [0.4, 0.5) is 13.2 Å². The first kappa shape index (κ1) is 19.6. The van der Waals surface area contributed by atoms with Gasteiger partial charge < -0.3 is 15.0 Å². The molecule has 26 heavy (non-hydrogen) atoms. The van der Waals surface area contributed by atoms with Gasteiger partial charge in [0, 0.05) is 26.8 Å². The van der Waals surface area contributed by atoms with Crippen LogP contribution in [-0.4, -0.2) is 43.1 Å². The van der Waals surface area contributed by atoms with E-state index in [1.165, 1.54) is 12.1 Å². The Labute approximate surface area is 150 Å². The van der Waals surface area contributed by atoms with E-state index in [9.17, 15) is 13.2 Å². The molecule has 140 valence electrons. The Morgan fingerprint density at radius 1 is 1.23 bits per heavy atom. The minimum absolute atomic E-state index is 0.429. The topological polar surface area (TPSA) is 49.8 Å². The molecule has 0 amide bonds. The van der Waals surface area contributed by atoms with Crippen LogP contribution in [0.5, 0.6) is 5.75 Å². The summed E-state index contributed by atoms with van der Waals surface area (Å²) in [6.45, 7) is 1.39. The molecule has 0 aliphatic heterocycles. The fourth-order valence-electron chi connectivity index (χ4n) is 2.30. The highest BCUT2D eigenvalue weighted by atomic mass is 19.4. The van der Waals surface area contributed by atoms with Gasteiger partial charge in [-0.25, -0.2) is 0 Å². The summed E-state index contributed by atoms with van der Waals surface area (Å²) in [5.74, 6) is 1.31.